The van der Waals surface area contributed by atoms with Crippen molar-refractivity contribution in [2.24, 2.45) is 0 Å². The Kier molecular flexibility index (Phi) is 4.01. The van der Waals surface area contributed by atoms with E-state index in [-0.39, 0.29) is 11.3 Å². The average Bonchev–Trinajstić information content (AvgIpc) is 2.39. The van der Waals surface area contributed by atoms with E-state index in [1.807, 2.05) is 6.07 Å². The second-order valence-electron chi connectivity index (χ2n) is 4.03. The highest BCUT2D eigenvalue weighted by Gasteiger charge is 2.11. The van der Waals surface area contributed by atoms with Crippen LogP contribution in [0.1, 0.15) is 15.9 Å². The molecule has 0 bridgehead atoms. The zero-order valence-corrected chi connectivity index (χ0v) is 11.7. The number of benzene rings is 2. The van der Waals surface area contributed by atoms with Crippen LogP contribution in [0.5, 0.6) is 0 Å². The van der Waals surface area contributed by atoms with Crippen molar-refractivity contribution in [3.05, 3.63) is 57.8 Å². The van der Waals surface area contributed by atoms with Gasteiger partial charge in [0.15, 0.2) is 0 Å². The van der Waals surface area contributed by atoms with Crippen molar-refractivity contribution in [3.63, 3.8) is 0 Å². The van der Waals surface area contributed by atoms with E-state index in [1.54, 1.807) is 12.1 Å². The molecule has 1 amide bonds. The molecule has 0 spiro atoms. The molecule has 0 aliphatic heterocycles. The molecule has 100 valence electrons. The van der Waals surface area contributed by atoms with Crippen LogP contribution >= 0.6 is 15.9 Å². The van der Waals surface area contributed by atoms with E-state index < -0.39 is 11.7 Å². The summed E-state index contributed by atoms with van der Waals surface area (Å²) in [5.74, 6) is -1.15. The predicted molar refractivity (Wildman–Crippen MR) is 77.6 cm³/mol. The van der Waals surface area contributed by atoms with Crippen LogP contribution < -0.4 is 11.1 Å². The summed E-state index contributed by atoms with van der Waals surface area (Å²) in [5.41, 5.74) is 6.56. The van der Waals surface area contributed by atoms with E-state index in [9.17, 15) is 9.18 Å². The molecule has 0 saturated heterocycles. The van der Waals surface area contributed by atoms with E-state index >= 15 is 0 Å². The normalized spacial score (nSPS) is 9.85. The zero-order valence-electron chi connectivity index (χ0n) is 10.2. The molecule has 2 aromatic carbocycles. The Bertz CT molecular complexity index is 705. The first-order valence-corrected chi connectivity index (χ1v) is 6.36. The van der Waals surface area contributed by atoms with Gasteiger partial charge in [-0.2, -0.15) is 5.26 Å². The van der Waals surface area contributed by atoms with Crippen molar-refractivity contribution < 1.29 is 9.18 Å². The van der Waals surface area contributed by atoms with Crippen molar-refractivity contribution in [2.75, 3.05) is 11.1 Å². The van der Waals surface area contributed by atoms with Crippen molar-refractivity contribution in [1.82, 2.24) is 0 Å². The third kappa shape index (κ3) is 3.13. The number of carbonyl (C=O) groups is 1. The summed E-state index contributed by atoms with van der Waals surface area (Å²) in [6.45, 7) is 0. The number of hydrogen-bond donors (Lipinski definition) is 2. The largest absolute Gasteiger partial charge is 0.399 e. The molecule has 0 aliphatic rings. The highest BCUT2D eigenvalue weighted by molar-refractivity contribution is 9.10. The zero-order chi connectivity index (χ0) is 14.7. The minimum atomic E-state index is -0.666. The lowest BCUT2D eigenvalue weighted by molar-refractivity contribution is 0.102. The monoisotopic (exact) mass is 333 g/mol. The summed E-state index contributed by atoms with van der Waals surface area (Å²) in [5, 5.41) is 11.1. The number of nitrogens with zero attached hydrogens (tertiary/aromatic N) is 1. The fraction of sp³-hybridized carbons (Fsp3) is 0. The third-order valence-electron chi connectivity index (χ3n) is 2.53. The van der Waals surface area contributed by atoms with E-state index in [4.69, 9.17) is 11.0 Å². The molecule has 0 fully saturated rings. The van der Waals surface area contributed by atoms with E-state index in [0.717, 1.165) is 6.07 Å². The van der Waals surface area contributed by atoms with Crippen LogP contribution in [0, 0.1) is 17.1 Å². The van der Waals surface area contributed by atoms with Crippen molar-refractivity contribution in [1.29, 1.82) is 5.26 Å². The number of nitrogens with two attached hydrogens (primary N) is 1. The van der Waals surface area contributed by atoms with Crippen LogP contribution in [-0.4, -0.2) is 5.91 Å². The number of halogens is 2. The second-order valence-corrected chi connectivity index (χ2v) is 4.95. The molecule has 20 heavy (non-hydrogen) atoms. The first-order valence-electron chi connectivity index (χ1n) is 5.56. The summed E-state index contributed by atoms with van der Waals surface area (Å²) < 4.78 is 14.3. The summed E-state index contributed by atoms with van der Waals surface area (Å²) in [7, 11) is 0. The van der Waals surface area contributed by atoms with Gasteiger partial charge in [0.05, 0.1) is 17.3 Å². The van der Waals surface area contributed by atoms with Crippen molar-refractivity contribution in [2.45, 2.75) is 0 Å². The van der Waals surface area contributed by atoms with Crippen LogP contribution in [0.25, 0.3) is 0 Å². The smallest absolute Gasteiger partial charge is 0.255 e. The van der Waals surface area contributed by atoms with Gasteiger partial charge in [0.2, 0.25) is 0 Å². The number of carbonyl (C=O) groups excluding carboxylic acids is 1. The van der Waals surface area contributed by atoms with Gasteiger partial charge >= 0.3 is 0 Å². The third-order valence-corrected chi connectivity index (χ3v) is 2.99. The molecule has 0 atom stereocenters. The summed E-state index contributed by atoms with van der Waals surface area (Å²) in [6, 6.07) is 10.4. The lowest BCUT2D eigenvalue weighted by atomic mass is 10.1. The van der Waals surface area contributed by atoms with Crippen LogP contribution in [0.4, 0.5) is 15.8 Å². The predicted octanol–water partition coefficient (Wildman–Crippen LogP) is 3.29. The SMILES string of the molecule is N#Cc1ccc(NC(=O)c2cc(N)cc(Br)c2)c(F)c1. The van der Waals surface area contributed by atoms with Gasteiger partial charge in [0, 0.05) is 15.7 Å². The molecule has 0 radical (unpaired) electrons. The van der Waals surface area contributed by atoms with Crippen LogP contribution in [0.3, 0.4) is 0 Å². The number of nitrogen functional groups attached to an aromatic ring is 1. The molecular weight excluding hydrogens is 325 g/mol. The molecule has 3 N–H and O–H groups in total. The Hall–Kier alpha value is -2.39. The summed E-state index contributed by atoms with van der Waals surface area (Å²) in [6.07, 6.45) is 0. The van der Waals surface area contributed by atoms with E-state index in [1.165, 1.54) is 18.2 Å². The van der Waals surface area contributed by atoms with E-state index in [2.05, 4.69) is 21.2 Å². The molecule has 0 heterocycles. The summed E-state index contributed by atoms with van der Waals surface area (Å²) in [4.78, 5) is 12.0. The lowest BCUT2D eigenvalue weighted by Crippen LogP contribution is -2.13. The Morgan fingerprint density at radius 2 is 2.05 bits per heavy atom. The van der Waals surface area contributed by atoms with Crippen LogP contribution in [0.15, 0.2) is 40.9 Å². The van der Waals surface area contributed by atoms with Gasteiger partial charge in [-0.25, -0.2) is 4.39 Å². The quantitative estimate of drug-likeness (QED) is 0.827. The molecule has 2 rings (SSSR count). The van der Waals surface area contributed by atoms with Crippen LogP contribution in [0.2, 0.25) is 0 Å². The average molecular weight is 334 g/mol. The van der Waals surface area contributed by atoms with Crippen LogP contribution in [-0.2, 0) is 0 Å². The second kappa shape index (κ2) is 5.72. The van der Waals surface area contributed by atoms with Crippen molar-refractivity contribution in [3.8, 4) is 6.07 Å². The highest BCUT2D eigenvalue weighted by atomic mass is 79.9. The number of anilines is 2. The van der Waals surface area contributed by atoms with Gasteiger partial charge in [-0.15, -0.1) is 0 Å². The Labute approximate surface area is 123 Å². The molecule has 4 nitrogen and oxygen atoms in total. The van der Waals surface area contributed by atoms with Gasteiger partial charge < -0.3 is 11.1 Å². The van der Waals surface area contributed by atoms with Gasteiger partial charge in [-0.3, -0.25) is 4.79 Å². The first kappa shape index (κ1) is 14.0. The Balaban J connectivity index is 2.26. The fourth-order valence-electron chi connectivity index (χ4n) is 1.62. The molecule has 0 aromatic heterocycles. The standard InChI is InChI=1S/C14H9BrFN3O/c15-10-4-9(5-11(18)6-10)14(20)19-13-2-1-8(7-17)3-12(13)16/h1-6H,18H2,(H,19,20). The summed E-state index contributed by atoms with van der Waals surface area (Å²) >= 11 is 3.23. The minimum Gasteiger partial charge on any atom is -0.399 e. The number of nitrogens with one attached hydrogen (secondary N) is 1. The molecule has 6 heteroatoms. The Morgan fingerprint density at radius 1 is 1.30 bits per heavy atom. The van der Waals surface area contributed by atoms with Gasteiger partial charge in [0.1, 0.15) is 5.82 Å². The molecular formula is C14H9BrFN3O. The van der Waals surface area contributed by atoms with Gasteiger partial charge in [-0.05, 0) is 36.4 Å². The number of rotatable bonds is 2. The maximum atomic E-state index is 13.7. The maximum Gasteiger partial charge on any atom is 0.255 e. The number of amides is 1. The topological polar surface area (TPSA) is 78.9 Å². The maximum absolute atomic E-state index is 13.7. The van der Waals surface area contributed by atoms with Gasteiger partial charge in [0.25, 0.3) is 5.91 Å². The minimum absolute atomic E-state index is 0.00699. The van der Waals surface area contributed by atoms with Gasteiger partial charge in [-0.1, -0.05) is 15.9 Å². The number of nitriles is 1. The van der Waals surface area contributed by atoms with Crippen molar-refractivity contribution >= 4 is 33.2 Å². The fourth-order valence-corrected chi connectivity index (χ4v) is 2.13. The van der Waals surface area contributed by atoms with E-state index in [0.29, 0.717) is 15.7 Å². The highest BCUT2D eigenvalue weighted by Crippen LogP contribution is 2.20. The molecule has 2 aromatic rings. The molecule has 0 aliphatic carbocycles. The molecule has 0 saturated carbocycles. The molecule has 0 unspecified atom stereocenters. The number of hydrogen-bond acceptors (Lipinski definition) is 3. The first-order chi connectivity index (χ1) is 9.49. The lowest BCUT2D eigenvalue weighted by Gasteiger charge is -2.07. The Morgan fingerprint density at radius 3 is 2.65 bits per heavy atom.